The second-order valence-electron chi connectivity index (χ2n) is 6.22. The van der Waals surface area contributed by atoms with Crippen molar-refractivity contribution in [1.29, 1.82) is 0 Å². The van der Waals surface area contributed by atoms with E-state index in [9.17, 15) is 9.59 Å². The number of hydrazone groups is 1. The molecule has 1 aromatic heterocycles. The molecule has 2 N–H and O–H groups in total. The van der Waals surface area contributed by atoms with Gasteiger partial charge in [-0.25, -0.2) is 5.43 Å². The zero-order valence-electron chi connectivity index (χ0n) is 14.9. The minimum Gasteiger partial charge on any atom is -0.343 e. The Balaban J connectivity index is 1.32. The first-order valence-corrected chi connectivity index (χ1v) is 9.64. The minimum atomic E-state index is -0.384. The van der Waals surface area contributed by atoms with Crippen LogP contribution in [0.1, 0.15) is 15.9 Å². The first-order chi connectivity index (χ1) is 13.7. The molecule has 0 unspecified atom stereocenters. The Labute approximate surface area is 165 Å². The molecule has 0 aliphatic heterocycles. The van der Waals surface area contributed by atoms with Crippen LogP contribution in [0.15, 0.2) is 77.2 Å². The van der Waals surface area contributed by atoms with Crippen molar-refractivity contribution < 1.29 is 9.59 Å². The average molecular weight is 387 g/mol. The van der Waals surface area contributed by atoms with Crippen LogP contribution in [-0.4, -0.2) is 24.6 Å². The smallest absolute Gasteiger partial charge is 0.259 e. The van der Waals surface area contributed by atoms with Gasteiger partial charge in [-0.2, -0.15) is 5.10 Å². The SMILES string of the molecule is O=C(CNC(=O)c1ccc2ccccc2c1)N/N=C/c1csc2ccccc12. The van der Waals surface area contributed by atoms with E-state index in [1.165, 1.54) is 0 Å². The third-order valence-electron chi connectivity index (χ3n) is 4.32. The van der Waals surface area contributed by atoms with Gasteiger partial charge in [-0.05, 0) is 29.0 Å². The molecule has 0 saturated heterocycles. The van der Waals surface area contributed by atoms with E-state index in [-0.39, 0.29) is 18.4 Å². The topological polar surface area (TPSA) is 70.6 Å². The van der Waals surface area contributed by atoms with Crippen molar-refractivity contribution in [2.24, 2.45) is 5.10 Å². The Kier molecular flexibility index (Phi) is 5.12. The molecule has 28 heavy (non-hydrogen) atoms. The third kappa shape index (κ3) is 3.92. The number of hydrogen-bond acceptors (Lipinski definition) is 4. The Morgan fingerprint density at radius 3 is 2.64 bits per heavy atom. The quantitative estimate of drug-likeness (QED) is 0.402. The molecule has 2 amide bonds. The fourth-order valence-corrected chi connectivity index (χ4v) is 3.82. The van der Waals surface area contributed by atoms with Crippen LogP contribution in [-0.2, 0) is 4.79 Å². The van der Waals surface area contributed by atoms with Crippen LogP contribution in [0.2, 0.25) is 0 Å². The zero-order valence-corrected chi connectivity index (χ0v) is 15.7. The lowest BCUT2D eigenvalue weighted by molar-refractivity contribution is -0.120. The number of nitrogens with one attached hydrogen (secondary N) is 2. The monoisotopic (exact) mass is 387 g/mol. The molecule has 4 aromatic rings. The number of hydrogen-bond donors (Lipinski definition) is 2. The van der Waals surface area contributed by atoms with Gasteiger partial charge in [0, 0.05) is 26.6 Å². The van der Waals surface area contributed by atoms with Gasteiger partial charge >= 0.3 is 0 Å². The molecular weight excluding hydrogens is 370 g/mol. The number of carbonyl (C=O) groups is 2. The van der Waals surface area contributed by atoms with E-state index in [2.05, 4.69) is 15.8 Å². The molecule has 0 spiro atoms. The molecule has 0 radical (unpaired) electrons. The molecule has 138 valence electrons. The fraction of sp³-hybridized carbons (Fsp3) is 0.0455. The number of carbonyl (C=O) groups excluding carboxylic acids is 2. The summed E-state index contributed by atoms with van der Waals surface area (Å²) in [7, 11) is 0. The summed E-state index contributed by atoms with van der Waals surface area (Å²) in [6.07, 6.45) is 1.61. The van der Waals surface area contributed by atoms with Crippen LogP contribution in [0.4, 0.5) is 0 Å². The number of thiophene rings is 1. The van der Waals surface area contributed by atoms with Crippen LogP contribution in [0.25, 0.3) is 20.9 Å². The van der Waals surface area contributed by atoms with Gasteiger partial charge in [0.1, 0.15) is 0 Å². The van der Waals surface area contributed by atoms with Crippen LogP contribution in [0.3, 0.4) is 0 Å². The van der Waals surface area contributed by atoms with Crippen molar-refractivity contribution in [3.63, 3.8) is 0 Å². The second kappa shape index (κ2) is 8.02. The maximum Gasteiger partial charge on any atom is 0.259 e. The molecule has 3 aromatic carbocycles. The van der Waals surface area contributed by atoms with E-state index < -0.39 is 0 Å². The van der Waals surface area contributed by atoms with Gasteiger partial charge in [0.25, 0.3) is 11.8 Å². The third-order valence-corrected chi connectivity index (χ3v) is 5.31. The first-order valence-electron chi connectivity index (χ1n) is 8.76. The Morgan fingerprint density at radius 2 is 1.75 bits per heavy atom. The summed E-state index contributed by atoms with van der Waals surface area (Å²) in [6.45, 7) is -0.145. The molecule has 6 heteroatoms. The van der Waals surface area contributed by atoms with E-state index in [4.69, 9.17) is 0 Å². The Hall–Kier alpha value is -3.51. The van der Waals surface area contributed by atoms with E-state index >= 15 is 0 Å². The van der Waals surface area contributed by atoms with Gasteiger partial charge in [-0.1, -0.05) is 48.5 Å². The van der Waals surface area contributed by atoms with E-state index in [1.807, 2.05) is 66.0 Å². The van der Waals surface area contributed by atoms with E-state index in [1.54, 1.807) is 23.6 Å². The summed E-state index contributed by atoms with van der Waals surface area (Å²) < 4.78 is 1.16. The highest BCUT2D eigenvalue weighted by atomic mass is 32.1. The number of nitrogens with zero attached hydrogens (tertiary/aromatic N) is 1. The summed E-state index contributed by atoms with van der Waals surface area (Å²) >= 11 is 1.62. The van der Waals surface area contributed by atoms with Gasteiger partial charge in [0.05, 0.1) is 12.8 Å². The lowest BCUT2D eigenvalue weighted by Gasteiger charge is -2.05. The maximum atomic E-state index is 12.3. The number of fused-ring (bicyclic) bond motifs is 2. The lowest BCUT2D eigenvalue weighted by Crippen LogP contribution is -2.34. The van der Waals surface area contributed by atoms with Crippen LogP contribution < -0.4 is 10.7 Å². The van der Waals surface area contributed by atoms with Crippen LogP contribution >= 0.6 is 11.3 Å². The minimum absolute atomic E-state index is 0.145. The molecule has 5 nitrogen and oxygen atoms in total. The molecule has 0 atom stereocenters. The van der Waals surface area contributed by atoms with Crippen molar-refractivity contribution in [2.45, 2.75) is 0 Å². The summed E-state index contributed by atoms with van der Waals surface area (Å²) in [5, 5.41) is 11.7. The Bertz CT molecular complexity index is 1200. The van der Waals surface area contributed by atoms with E-state index in [0.29, 0.717) is 5.56 Å². The van der Waals surface area contributed by atoms with Gasteiger partial charge in [0.15, 0.2) is 0 Å². The number of benzene rings is 3. The normalized spacial score (nSPS) is 11.1. The van der Waals surface area contributed by atoms with Crippen molar-refractivity contribution in [1.82, 2.24) is 10.7 Å². The highest BCUT2D eigenvalue weighted by Gasteiger charge is 2.08. The van der Waals surface area contributed by atoms with Gasteiger partial charge in [-0.3, -0.25) is 9.59 Å². The summed E-state index contributed by atoms with van der Waals surface area (Å²) in [5.74, 6) is -0.682. The van der Waals surface area contributed by atoms with Crippen molar-refractivity contribution in [2.75, 3.05) is 6.54 Å². The molecule has 4 rings (SSSR count). The largest absolute Gasteiger partial charge is 0.343 e. The fourth-order valence-electron chi connectivity index (χ4n) is 2.90. The molecule has 0 fully saturated rings. The van der Waals surface area contributed by atoms with Crippen molar-refractivity contribution >= 4 is 50.2 Å². The van der Waals surface area contributed by atoms with Gasteiger partial charge < -0.3 is 5.32 Å². The summed E-state index contributed by atoms with van der Waals surface area (Å²) in [4.78, 5) is 24.2. The van der Waals surface area contributed by atoms with Gasteiger partial charge in [-0.15, -0.1) is 11.3 Å². The average Bonchev–Trinajstić information content (AvgIpc) is 3.15. The number of amides is 2. The Morgan fingerprint density at radius 1 is 0.964 bits per heavy atom. The molecule has 0 saturated carbocycles. The molecular formula is C22H17N3O2S. The van der Waals surface area contributed by atoms with Gasteiger partial charge in [0.2, 0.25) is 0 Å². The molecule has 1 heterocycles. The second-order valence-corrected chi connectivity index (χ2v) is 7.14. The summed E-state index contributed by atoms with van der Waals surface area (Å²) in [6, 6.07) is 21.3. The molecule has 0 aliphatic carbocycles. The first kappa shape index (κ1) is 17.9. The maximum absolute atomic E-state index is 12.3. The highest BCUT2D eigenvalue weighted by molar-refractivity contribution is 7.17. The van der Waals surface area contributed by atoms with Crippen LogP contribution in [0.5, 0.6) is 0 Å². The van der Waals surface area contributed by atoms with Crippen LogP contribution in [0, 0.1) is 0 Å². The predicted molar refractivity (Wildman–Crippen MR) is 114 cm³/mol. The summed E-state index contributed by atoms with van der Waals surface area (Å²) in [5.41, 5.74) is 3.90. The van der Waals surface area contributed by atoms with Crippen molar-refractivity contribution in [3.05, 3.63) is 83.2 Å². The number of rotatable bonds is 5. The lowest BCUT2D eigenvalue weighted by atomic mass is 10.1. The zero-order chi connectivity index (χ0) is 19.3. The van der Waals surface area contributed by atoms with Crippen molar-refractivity contribution in [3.8, 4) is 0 Å². The predicted octanol–water partition coefficient (Wildman–Crippen LogP) is 3.93. The van der Waals surface area contributed by atoms with E-state index in [0.717, 1.165) is 26.4 Å². The highest BCUT2D eigenvalue weighted by Crippen LogP contribution is 2.24. The molecule has 0 aliphatic rings. The molecule has 0 bridgehead atoms. The standard InChI is InChI=1S/C22H17N3O2S/c26-21(25-24-12-18-14-28-20-8-4-3-7-19(18)20)13-23-22(27)17-10-9-15-5-1-2-6-16(15)11-17/h1-12,14H,13H2,(H,23,27)(H,25,26)/b24-12+.